The van der Waals surface area contributed by atoms with E-state index in [1.54, 1.807) is 6.26 Å². The highest BCUT2D eigenvalue weighted by atomic mass is 16.5. The summed E-state index contributed by atoms with van der Waals surface area (Å²) in [5.41, 5.74) is -0.0568. The third kappa shape index (κ3) is 2.92. The first-order valence-electron chi connectivity index (χ1n) is 7.81. The van der Waals surface area contributed by atoms with Gasteiger partial charge in [0.1, 0.15) is 5.76 Å². The Balaban J connectivity index is 1.64. The highest BCUT2D eigenvalue weighted by Crippen LogP contribution is 2.28. The standard InChI is InChI=1S/C16H26N2O2/c1-16(2)15(7-11-20-16)17-12-13(14-6-5-10-19-14)18-8-3-4-9-18/h5-6,10,13,15,17H,3-4,7-9,11-12H2,1-2H3. The van der Waals surface area contributed by atoms with Crippen molar-refractivity contribution in [2.75, 3.05) is 26.2 Å². The minimum atomic E-state index is -0.0568. The molecular formula is C16H26N2O2. The Kier molecular flexibility index (Phi) is 4.15. The van der Waals surface area contributed by atoms with E-state index in [9.17, 15) is 0 Å². The van der Waals surface area contributed by atoms with Gasteiger partial charge in [0.25, 0.3) is 0 Å². The highest BCUT2D eigenvalue weighted by molar-refractivity contribution is 5.07. The van der Waals surface area contributed by atoms with Gasteiger partial charge >= 0.3 is 0 Å². The van der Waals surface area contributed by atoms with Crippen molar-refractivity contribution < 1.29 is 9.15 Å². The molecule has 2 unspecified atom stereocenters. The molecule has 2 atom stereocenters. The van der Waals surface area contributed by atoms with Gasteiger partial charge in [0, 0.05) is 19.2 Å². The Morgan fingerprint density at radius 1 is 1.40 bits per heavy atom. The molecule has 0 saturated carbocycles. The van der Waals surface area contributed by atoms with Gasteiger partial charge in [0.15, 0.2) is 0 Å². The van der Waals surface area contributed by atoms with Crippen molar-refractivity contribution in [1.29, 1.82) is 0 Å². The van der Waals surface area contributed by atoms with E-state index in [-0.39, 0.29) is 5.60 Å². The molecule has 0 spiro atoms. The largest absolute Gasteiger partial charge is 0.468 e. The molecule has 1 N–H and O–H groups in total. The molecule has 1 aromatic rings. The molecule has 20 heavy (non-hydrogen) atoms. The minimum absolute atomic E-state index is 0.0568. The van der Waals surface area contributed by atoms with Gasteiger partial charge in [-0.3, -0.25) is 4.90 Å². The summed E-state index contributed by atoms with van der Waals surface area (Å²) in [6, 6.07) is 4.87. The van der Waals surface area contributed by atoms with Crippen LogP contribution in [0.5, 0.6) is 0 Å². The van der Waals surface area contributed by atoms with Gasteiger partial charge in [0.05, 0.1) is 17.9 Å². The number of likely N-dealkylation sites (tertiary alicyclic amines) is 1. The number of nitrogens with one attached hydrogen (secondary N) is 1. The fraction of sp³-hybridized carbons (Fsp3) is 0.750. The Labute approximate surface area is 121 Å². The first-order chi connectivity index (χ1) is 9.67. The molecule has 0 aromatic carbocycles. The molecule has 3 rings (SSSR count). The van der Waals surface area contributed by atoms with Crippen LogP contribution in [0, 0.1) is 0 Å². The third-order valence-corrected chi connectivity index (χ3v) is 4.73. The number of hydrogen-bond acceptors (Lipinski definition) is 4. The molecule has 0 amide bonds. The number of rotatable bonds is 5. The summed E-state index contributed by atoms with van der Waals surface area (Å²) in [7, 11) is 0. The number of ether oxygens (including phenoxy) is 1. The average molecular weight is 278 g/mol. The third-order valence-electron chi connectivity index (χ3n) is 4.73. The van der Waals surface area contributed by atoms with Crippen LogP contribution in [0.15, 0.2) is 22.8 Å². The SMILES string of the molecule is CC1(C)OCCC1NCC(c1ccco1)N1CCCC1. The summed E-state index contributed by atoms with van der Waals surface area (Å²) in [5, 5.41) is 3.71. The van der Waals surface area contributed by atoms with Gasteiger partial charge in [0.2, 0.25) is 0 Å². The van der Waals surface area contributed by atoms with E-state index in [1.807, 2.05) is 6.07 Å². The van der Waals surface area contributed by atoms with Crippen LogP contribution in [0.4, 0.5) is 0 Å². The van der Waals surface area contributed by atoms with Crippen LogP contribution in [-0.4, -0.2) is 42.8 Å². The van der Waals surface area contributed by atoms with Crippen molar-refractivity contribution in [3.63, 3.8) is 0 Å². The summed E-state index contributed by atoms with van der Waals surface area (Å²) in [6.45, 7) is 8.50. The van der Waals surface area contributed by atoms with Crippen molar-refractivity contribution in [3.05, 3.63) is 24.2 Å². The van der Waals surface area contributed by atoms with Crippen LogP contribution < -0.4 is 5.32 Å². The van der Waals surface area contributed by atoms with Crippen molar-refractivity contribution in [3.8, 4) is 0 Å². The Morgan fingerprint density at radius 3 is 2.80 bits per heavy atom. The van der Waals surface area contributed by atoms with Crippen molar-refractivity contribution >= 4 is 0 Å². The molecule has 2 aliphatic rings. The predicted molar refractivity (Wildman–Crippen MR) is 78.7 cm³/mol. The van der Waals surface area contributed by atoms with Gasteiger partial charge in [-0.1, -0.05) is 0 Å². The second kappa shape index (κ2) is 5.88. The fourth-order valence-corrected chi connectivity index (χ4v) is 3.43. The zero-order chi connectivity index (χ0) is 14.0. The number of hydrogen-bond donors (Lipinski definition) is 1. The van der Waals surface area contributed by atoms with Crippen LogP contribution >= 0.6 is 0 Å². The lowest BCUT2D eigenvalue weighted by molar-refractivity contribution is 0.0201. The predicted octanol–water partition coefficient (Wildman–Crippen LogP) is 2.57. The maximum absolute atomic E-state index is 5.80. The first-order valence-corrected chi connectivity index (χ1v) is 7.81. The van der Waals surface area contributed by atoms with E-state index in [0.717, 1.165) is 25.3 Å². The van der Waals surface area contributed by atoms with Gasteiger partial charge < -0.3 is 14.5 Å². The number of nitrogens with zero attached hydrogens (tertiary/aromatic N) is 1. The second-order valence-corrected chi connectivity index (χ2v) is 6.48. The molecule has 4 heteroatoms. The van der Waals surface area contributed by atoms with Crippen LogP contribution in [0.3, 0.4) is 0 Å². The van der Waals surface area contributed by atoms with Crippen LogP contribution in [0.1, 0.15) is 44.9 Å². The van der Waals surface area contributed by atoms with E-state index in [2.05, 4.69) is 30.1 Å². The molecule has 2 aliphatic heterocycles. The molecule has 4 nitrogen and oxygen atoms in total. The monoisotopic (exact) mass is 278 g/mol. The van der Waals surface area contributed by atoms with Gasteiger partial charge in [-0.25, -0.2) is 0 Å². The highest BCUT2D eigenvalue weighted by Gasteiger charge is 2.36. The molecule has 2 fully saturated rings. The Hall–Kier alpha value is -0.840. The molecular weight excluding hydrogens is 252 g/mol. The van der Waals surface area contributed by atoms with E-state index < -0.39 is 0 Å². The molecule has 3 heterocycles. The van der Waals surface area contributed by atoms with Gasteiger partial charge in [-0.05, 0) is 58.3 Å². The normalized spacial score (nSPS) is 28.0. The maximum Gasteiger partial charge on any atom is 0.122 e. The zero-order valence-electron chi connectivity index (χ0n) is 12.6. The molecule has 0 bridgehead atoms. The smallest absolute Gasteiger partial charge is 0.122 e. The molecule has 1 aromatic heterocycles. The lowest BCUT2D eigenvalue weighted by Crippen LogP contribution is -2.46. The van der Waals surface area contributed by atoms with Crippen molar-refractivity contribution in [2.45, 2.75) is 50.8 Å². The molecule has 0 aliphatic carbocycles. The molecule has 2 saturated heterocycles. The topological polar surface area (TPSA) is 37.6 Å². The molecule has 0 radical (unpaired) electrons. The Bertz CT molecular complexity index is 410. The summed E-state index contributed by atoms with van der Waals surface area (Å²) in [5.74, 6) is 1.08. The Morgan fingerprint density at radius 2 is 2.20 bits per heavy atom. The summed E-state index contributed by atoms with van der Waals surface area (Å²) >= 11 is 0. The fourth-order valence-electron chi connectivity index (χ4n) is 3.43. The second-order valence-electron chi connectivity index (χ2n) is 6.48. The van der Waals surface area contributed by atoms with Gasteiger partial charge in [-0.15, -0.1) is 0 Å². The summed E-state index contributed by atoms with van der Waals surface area (Å²) in [4.78, 5) is 2.54. The average Bonchev–Trinajstić information content (AvgIpc) is 3.13. The lowest BCUT2D eigenvalue weighted by atomic mass is 9.98. The first kappa shape index (κ1) is 14.1. The van der Waals surface area contributed by atoms with Crippen molar-refractivity contribution in [1.82, 2.24) is 10.2 Å². The van der Waals surface area contributed by atoms with Crippen molar-refractivity contribution in [2.24, 2.45) is 0 Å². The van der Waals surface area contributed by atoms with E-state index in [1.165, 1.54) is 25.9 Å². The van der Waals surface area contributed by atoms with Gasteiger partial charge in [-0.2, -0.15) is 0 Å². The lowest BCUT2D eigenvalue weighted by Gasteiger charge is -2.31. The number of furan rings is 1. The van der Waals surface area contributed by atoms with Crippen LogP contribution in [0.2, 0.25) is 0 Å². The summed E-state index contributed by atoms with van der Waals surface area (Å²) in [6.07, 6.45) is 5.48. The van der Waals surface area contributed by atoms with E-state index in [0.29, 0.717) is 12.1 Å². The molecule has 112 valence electrons. The maximum atomic E-state index is 5.80. The van der Waals surface area contributed by atoms with Crippen LogP contribution in [0.25, 0.3) is 0 Å². The van der Waals surface area contributed by atoms with E-state index >= 15 is 0 Å². The minimum Gasteiger partial charge on any atom is -0.468 e. The van der Waals surface area contributed by atoms with E-state index in [4.69, 9.17) is 9.15 Å². The summed E-state index contributed by atoms with van der Waals surface area (Å²) < 4.78 is 11.5. The quantitative estimate of drug-likeness (QED) is 0.898. The zero-order valence-corrected chi connectivity index (χ0v) is 12.6. The van der Waals surface area contributed by atoms with Crippen LogP contribution in [-0.2, 0) is 4.74 Å².